The molecule has 126 valence electrons. The quantitative estimate of drug-likeness (QED) is 0.796. The van der Waals surface area contributed by atoms with Crippen LogP contribution in [0, 0.1) is 0 Å². The Morgan fingerprint density at radius 2 is 1.87 bits per heavy atom. The van der Waals surface area contributed by atoms with Crippen LogP contribution in [0.15, 0.2) is 24.5 Å². The largest absolute Gasteiger partial charge is 0.306 e. The molecule has 0 bridgehead atoms. The van der Waals surface area contributed by atoms with Crippen LogP contribution in [0.1, 0.15) is 23.1 Å². The van der Waals surface area contributed by atoms with Crippen molar-refractivity contribution >= 4 is 35.6 Å². The smallest absolute Gasteiger partial charge is 0.0785 e. The lowest BCUT2D eigenvalue weighted by Gasteiger charge is -2.14. The summed E-state index contributed by atoms with van der Waals surface area (Å²) in [5.41, 5.74) is 4.26. The van der Waals surface area contributed by atoms with E-state index < -0.39 is 0 Å². The normalized spacial score (nSPS) is 14.9. The molecule has 1 aliphatic heterocycles. The molecule has 6 heteroatoms. The minimum atomic E-state index is 0. The molecule has 2 aromatic rings. The molecule has 0 radical (unpaired) electrons. The number of nitrogens with zero attached hydrogens (tertiary/aromatic N) is 3. The lowest BCUT2D eigenvalue weighted by molar-refractivity contribution is 0.352. The molecule has 0 unspecified atom stereocenters. The average Bonchev–Trinajstić information content (AvgIpc) is 2.80. The third-order valence-corrected chi connectivity index (χ3v) is 4.94. The molecule has 0 atom stereocenters. The summed E-state index contributed by atoms with van der Waals surface area (Å²) in [4.78, 5) is 2.38. The van der Waals surface area contributed by atoms with Crippen LogP contribution in [0.25, 0.3) is 0 Å². The van der Waals surface area contributed by atoms with Crippen LogP contribution in [0.4, 0.5) is 0 Å². The summed E-state index contributed by atoms with van der Waals surface area (Å²) in [7, 11) is 2.18. The number of fused-ring (bicyclic) bond motifs is 1. The van der Waals surface area contributed by atoms with E-state index >= 15 is 0 Å². The number of likely N-dealkylation sites (N-methyl/N-ethyl adjacent to an activating group) is 1. The van der Waals surface area contributed by atoms with E-state index in [1.807, 2.05) is 10.9 Å². The Hall–Kier alpha value is -0.740. The maximum absolute atomic E-state index is 6.42. The van der Waals surface area contributed by atoms with Gasteiger partial charge in [-0.3, -0.25) is 4.68 Å². The average molecular weight is 375 g/mol. The molecule has 3 nitrogen and oxygen atoms in total. The van der Waals surface area contributed by atoms with E-state index in [0.29, 0.717) is 5.02 Å². The molecule has 0 N–H and O–H groups in total. The zero-order valence-electron chi connectivity index (χ0n) is 13.3. The number of aromatic nitrogens is 2. The van der Waals surface area contributed by atoms with Crippen molar-refractivity contribution < 1.29 is 0 Å². The van der Waals surface area contributed by atoms with E-state index in [1.165, 1.54) is 16.7 Å². The van der Waals surface area contributed by atoms with Crippen molar-refractivity contribution in [3.63, 3.8) is 0 Å². The van der Waals surface area contributed by atoms with Crippen molar-refractivity contribution in [3.8, 4) is 0 Å². The summed E-state index contributed by atoms with van der Waals surface area (Å²) < 4.78 is 1.91. The highest BCUT2D eigenvalue weighted by Crippen LogP contribution is 2.28. The van der Waals surface area contributed by atoms with Crippen LogP contribution in [0.3, 0.4) is 0 Å². The molecule has 1 aliphatic rings. The molecule has 0 fully saturated rings. The molecular formula is C17H22Cl3N3. The third kappa shape index (κ3) is 4.63. The van der Waals surface area contributed by atoms with E-state index in [1.54, 1.807) is 6.20 Å². The Kier molecular flexibility index (Phi) is 6.78. The van der Waals surface area contributed by atoms with Gasteiger partial charge in [-0.05, 0) is 55.5 Å². The number of benzene rings is 1. The van der Waals surface area contributed by atoms with Gasteiger partial charge in [0.15, 0.2) is 0 Å². The van der Waals surface area contributed by atoms with Crippen LogP contribution in [-0.2, 0) is 25.8 Å². The second-order valence-electron chi connectivity index (χ2n) is 5.99. The summed E-state index contributed by atoms with van der Waals surface area (Å²) in [6.45, 7) is 3.08. The monoisotopic (exact) mass is 373 g/mol. The first-order valence-electron chi connectivity index (χ1n) is 7.79. The van der Waals surface area contributed by atoms with Crippen molar-refractivity contribution in [2.45, 2.75) is 32.2 Å². The lowest BCUT2D eigenvalue weighted by Crippen LogP contribution is -2.20. The Morgan fingerprint density at radius 3 is 2.57 bits per heavy atom. The second kappa shape index (κ2) is 8.39. The highest BCUT2D eigenvalue weighted by molar-refractivity contribution is 6.31. The van der Waals surface area contributed by atoms with Crippen molar-refractivity contribution in [3.05, 3.63) is 51.3 Å². The first-order chi connectivity index (χ1) is 10.6. The van der Waals surface area contributed by atoms with E-state index in [0.717, 1.165) is 50.3 Å². The summed E-state index contributed by atoms with van der Waals surface area (Å²) in [5, 5.41) is 5.85. The highest BCUT2D eigenvalue weighted by atomic mass is 35.5. The van der Waals surface area contributed by atoms with Crippen LogP contribution >= 0.6 is 35.6 Å². The number of halogens is 3. The molecule has 1 aromatic carbocycles. The molecule has 0 saturated heterocycles. The fourth-order valence-electron chi connectivity index (χ4n) is 3.14. The highest BCUT2D eigenvalue weighted by Gasteiger charge is 2.17. The first kappa shape index (κ1) is 18.6. The van der Waals surface area contributed by atoms with Gasteiger partial charge in [-0.2, -0.15) is 5.10 Å². The SMILES string of the molecule is CN1CCc2c(Cl)ccc(CCCn3cc(Cl)cn3)c2CC1.Cl. The Morgan fingerprint density at radius 1 is 1.13 bits per heavy atom. The van der Waals surface area contributed by atoms with E-state index in [9.17, 15) is 0 Å². The molecule has 2 heterocycles. The fourth-order valence-corrected chi connectivity index (χ4v) is 3.57. The molecule has 3 rings (SSSR count). The third-order valence-electron chi connectivity index (χ3n) is 4.39. The first-order valence-corrected chi connectivity index (χ1v) is 8.54. The summed E-state index contributed by atoms with van der Waals surface area (Å²) in [5.74, 6) is 0. The van der Waals surface area contributed by atoms with Gasteiger partial charge in [0, 0.05) is 30.9 Å². The number of aryl methyl sites for hydroxylation is 2. The number of rotatable bonds is 4. The Bertz CT molecular complexity index is 655. The number of hydrogen-bond donors (Lipinski definition) is 0. The lowest BCUT2D eigenvalue weighted by atomic mass is 9.94. The van der Waals surface area contributed by atoms with E-state index in [2.05, 4.69) is 29.2 Å². The molecule has 0 spiro atoms. The van der Waals surface area contributed by atoms with Gasteiger partial charge in [-0.1, -0.05) is 29.3 Å². The number of hydrogen-bond acceptors (Lipinski definition) is 2. The van der Waals surface area contributed by atoms with Crippen LogP contribution in [0.2, 0.25) is 10.0 Å². The fraction of sp³-hybridized carbons (Fsp3) is 0.471. The van der Waals surface area contributed by atoms with Crippen molar-refractivity contribution in [1.29, 1.82) is 0 Å². The molecule has 0 amide bonds. The standard InChI is InChI=1S/C17H21Cl2N3.ClH/c1-21-9-6-15-13(4-5-17(19)16(15)7-10-21)3-2-8-22-12-14(18)11-20-22;/h4-5,11-12H,2-3,6-10H2,1H3;1H. The van der Waals surface area contributed by atoms with Gasteiger partial charge in [0.1, 0.15) is 0 Å². The predicted octanol–water partition coefficient (Wildman–Crippen LogP) is 4.27. The zero-order valence-corrected chi connectivity index (χ0v) is 15.6. The maximum atomic E-state index is 6.42. The van der Waals surface area contributed by atoms with Crippen LogP contribution < -0.4 is 0 Å². The predicted molar refractivity (Wildman–Crippen MR) is 99.2 cm³/mol. The van der Waals surface area contributed by atoms with Gasteiger partial charge in [-0.25, -0.2) is 0 Å². The zero-order chi connectivity index (χ0) is 15.5. The van der Waals surface area contributed by atoms with Gasteiger partial charge in [0.05, 0.1) is 11.2 Å². The van der Waals surface area contributed by atoms with Gasteiger partial charge in [-0.15, -0.1) is 12.4 Å². The van der Waals surface area contributed by atoms with Gasteiger partial charge >= 0.3 is 0 Å². The van der Waals surface area contributed by atoms with Crippen LogP contribution in [-0.4, -0.2) is 34.8 Å². The van der Waals surface area contributed by atoms with Crippen molar-refractivity contribution in [1.82, 2.24) is 14.7 Å². The Labute approximate surface area is 154 Å². The van der Waals surface area contributed by atoms with Gasteiger partial charge in [0.2, 0.25) is 0 Å². The van der Waals surface area contributed by atoms with Crippen molar-refractivity contribution in [2.75, 3.05) is 20.1 Å². The second-order valence-corrected chi connectivity index (χ2v) is 6.84. The summed E-state index contributed by atoms with van der Waals surface area (Å²) in [6, 6.07) is 4.26. The Balaban J connectivity index is 0.00000192. The van der Waals surface area contributed by atoms with Gasteiger partial charge < -0.3 is 4.90 Å². The van der Waals surface area contributed by atoms with Crippen molar-refractivity contribution in [2.24, 2.45) is 0 Å². The minimum absolute atomic E-state index is 0. The maximum Gasteiger partial charge on any atom is 0.0785 e. The molecule has 0 saturated carbocycles. The van der Waals surface area contributed by atoms with E-state index in [4.69, 9.17) is 23.2 Å². The molecule has 23 heavy (non-hydrogen) atoms. The minimum Gasteiger partial charge on any atom is -0.306 e. The van der Waals surface area contributed by atoms with Crippen LogP contribution in [0.5, 0.6) is 0 Å². The summed E-state index contributed by atoms with van der Waals surface area (Å²) in [6.07, 6.45) is 7.82. The van der Waals surface area contributed by atoms with Gasteiger partial charge in [0.25, 0.3) is 0 Å². The summed E-state index contributed by atoms with van der Waals surface area (Å²) >= 11 is 12.3. The molecule has 1 aromatic heterocycles. The topological polar surface area (TPSA) is 21.1 Å². The van der Waals surface area contributed by atoms with E-state index in [-0.39, 0.29) is 12.4 Å². The molecular weight excluding hydrogens is 353 g/mol. The molecule has 0 aliphatic carbocycles.